The molecule has 3 heteroatoms. The van der Waals surface area contributed by atoms with Crippen molar-refractivity contribution in [2.75, 3.05) is 13.6 Å². The van der Waals surface area contributed by atoms with Gasteiger partial charge in [-0.2, -0.15) is 0 Å². The van der Waals surface area contributed by atoms with Crippen molar-refractivity contribution in [1.82, 2.24) is 4.90 Å². The SMILES string of the molecule is Cc1cc(C)cc(C(=O)N(C)CC2CC(Cl)C2)c1. The Labute approximate surface area is 114 Å². The van der Waals surface area contributed by atoms with Crippen LogP contribution in [0.25, 0.3) is 0 Å². The summed E-state index contributed by atoms with van der Waals surface area (Å²) in [4.78, 5) is 14.1. The third-order valence-corrected chi connectivity index (χ3v) is 3.88. The highest BCUT2D eigenvalue weighted by molar-refractivity contribution is 6.21. The first-order chi connectivity index (χ1) is 8.45. The minimum atomic E-state index is 0.111. The summed E-state index contributed by atoms with van der Waals surface area (Å²) in [6.45, 7) is 4.86. The molecule has 18 heavy (non-hydrogen) atoms. The minimum absolute atomic E-state index is 0.111. The van der Waals surface area contributed by atoms with Crippen LogP contribution in [0.4, 0.5) is 0 Å². The maximum absolute atomic E-state index is 12.3. The van der Waals surface area contributed by atoms with Gasteiger partial charge in [0.05, 0.1) is 0 Å². The lowest BCUT2D eigenvalue weighted by Crippen LogP contribution is -2.37. The van der Waals surface area contributed by atoms with Crippen LogP contribution >= 0.6 is 11.6 Å². The van der Waals surface area contributed by atoms with E-state index in [-0.39, 0.29) is 5.91 Å². The lowest BCUT2D eigenvalue weighted by molar-refractivity contribution is 0.0746. The van der Waals surface area contributed by atoms with E-state index in [0.717, 1.165) is 36.1 Å². The molecule has 1 aliphatic carbocycles. The van der Waals surface area contributed by atoms with E-state index in [1.165, 1.54) is 0 Å². The highest BCUT2D eigenvalue weighted by atomic mass is 35.5. The topological polar surface area (TPSA) is 20.3 Å². The number of amides is 1. The second-order valence-corrected chi connectivity index (χ2v) is 6.11. The molecule has 2 rings (SSSR count). The van der Waals surface area contributed by atoms with Crippen molar-refractivity contribution < 1.29 is 4.79 Å². The summed E-state index contributed by atoms with van der Waals surface area (Å²) in [5, 5.41) is 0.319. The fraction of sp³-hybridized carbons (Fsp3) is 0.533. The van der Waals surface area contributed by atoms with Gasteiger partial charge in [-0.25, -0.2) is 0 Å². The molecule has 0 bridgehead atoms. The van der Waals surface area contributed by atoms with Crippen LogP contribution < -0.4 is 0 Å². The van der Waals surface area contributed by atoms with Crippen molar-refractivity contribution in [3.8, 4) is 0 Å². The third-order valence-electron chi connectivity index (χ3n) is 3.53. The predicted octanol–water partition coefficient (Wildman–Crippen LogP) is 3.39. The number of nitrogens with zero attached hydrogens (tertiary/aromatic N) is 1. The van der Waals surface area contributed by atoms with E-state index in [1.54, 1.807) is 0 Å². The highest BCUT2D eigenvalue weighted by Gasteiger charge is 2.29. The quantitative estimate of drug-likeness (QED) is 0.767. The summed E-state index contributed by atoms with van der Waals surface area (Å²) in [5.74, 6) is 0.687. The van der Waals surface area contributed by atoms with E-state index in [2.05, 4.69) is 6.07 Å². The number of benzene rings is 1. The Kier molecular flexibility index (Phi) is 3.96. The van der Waals surface area contributed by atoms with Crippen molar-refractivity contribution in [2.24, 2.45) is 5.92 Å². The first kappa shape index (κ1) is 13.4. The van der Waals surface area contributed by atoms with Crippen LogP contribution in [0.5, 0.6) is 0 Å². The van der Waals surface area contributed by atoms with E-state index in [4.69, 9.17) is 11.6 Å². The molecule has 1 fully saturated rings. The first-order valence-corrected chi connectivity index (χ1v) is 6.87. The van der Waals surface area contributed by atoms with Crippen LogP contribution in [0, 0.1) is 19.8 Å². The van der Waals surface area contributed by atoms with E-state index in [0.29, 0.717) is 11.3 Å². The van der Waals surface area contributed by atoms with Gasteiger partial charge in [-0.1, -0.05) is 17.2 Å². The Hall–Kier alpha value is -1.02. The van der Waals surface area contributed by atoms with Crippen molar-refractivity contribution >= 4 is 17.5 Å². The normalized spacial score (nSPS) is 22.4. The molecule has 0 unspecified atom stereocenters. The van der Waals surface area contributed by atoms with Gasteiger partial charge in [0.1, 0.15) is 0 Å². The van der Waals surface area contributed by atoms with E-state index >= 15 is 0 Å². The third kappa shape index (κ3) is 3.05. The number of rotatable bonds is 3. The zero-order valence-corrected chi connectivity index (χ0v) is 12.0. The van der Waals surface area contributed by atoms with E-state index in [9.17, 15) is 4.79 Å². The molecule has 0 aromatic heterocycles. The van der Waals surface area contributed by atoms with Gasteiger partial charge in [0.2, 0.25) is 0 Å². The Bertz CT molecular complexity index is 432. The van der Waals surface area contributed by atoms with Crippen LogP contribution in [0.2, 0.25) is 0 Å². The highest BCUT2D eigenvalue weighted by Crippen LogP contribution is 2.32. The van der Waals surface area contributed by atoms with E-state index in [1.807, 2.05) is 37.9 Å². The Balaban J connectivity index is 2.01. The smallest absolute Gasteiger partial charge is 0.253 e. The molecular formula is C15H20ClNO. The molecular weight excluding hydrogens is 246 g/mol. The molecule has 2 nitrogen and oxygen atoms in total. The summed E-state index contributed by atoms with van der Waals surface area (Å²) in [5.41, 5.74) is 3.06. The van der Waals surface area contributed by atoms with Gasteiger partial charge >= 0.3 is 0 Å². The molecule has 1 saturated carbocycles. The van der Waals surface area contributed by atoms with Crippen molar-refractivity contribution in [2.45, 2.75) is 32.1 Å². The summed E-state index contributed by atoms with van der Waals surface area (Å²) < 4.78 is 0. The molecule has 0 radical (unpaired) electrons. The minimum Gasteiger partial charge on any atom is -0.341 e. The van der Waals surface area contributed by atoms with Gasteiger partial charge in [-0.15, -0.1) is 11.6 Å². The van der Waals surface area contributed by atoms with Crippen LogP contribution in [-0.2, 0) is 0 Å². The van der Waals surface area contributed by atoms with E-state index < -0.39 is 0 Å². The number of hydrogen-bond acceptors (Lipinski definition) is 1. The molecule has 0 aliphatic heterocycles. The molecule has 0 saturated heterocycles. The van der Waals surface area contributed by atoms with Crippen LogP contribution in [-0.4, -0.2) is 29.8 Å². The number of carbonyl (C=O) groups excluding carboxylic acids is 1. The number of halogens is 1. The Morgan fingerprint density at radius 2 is 1.83 bits per heavy atom. The summed E-state index contributed by atoms with van der Waals surface area (Å²) >= 11 is 5.96. The molecule has 1 aromatic rings. The number of carbonyl (C=O) groups is 1. The molecule has 1 amide bonds. The molecule has 0 N–H and O–H groups in total. The Morgan fingerprint density at radius 1 is 1.28 bits per heavy atom. The molecule has 98 valence electrons. The standard InChI is InChI=1S/C15H20ClNO/c1-10-4-11(2)6-13(5-10)15(18)17(3)9-12-7-14(16)8-12/h4-6,12,14H,7-9H2,1-3H3. The number of alkyl halides is 1. The van der Waals surface area contributed by atoms with Gasteiger partial charge in [0, 0.05) is 24.5 Å². The van der Waals surface area contributed by atoms with Gasteiger partial charge in [0.25, 0.3) is 5.91 Å². The summed E-state index contributed by atoms with van der Waals surface area (Å²) in [7, 11) is 1.88. The van der Waals surface area contributed by atoms with Crippen molar-refractivity contribution in [3.05, 3.63) is 34.9 Å². The number of hydrogen-bond donors (Lipinski definition) is 0. The molecule has 0 spiro atoms. The zero-order valence-electron chi connectivity index (χ0n) is 11.2. The summed E-state index contributed by atoms with van der Waals surface area (Å²) in [6, 6.07) is 5.99. The zero-order chi connectivity index (χ0) is 13.3. The lowest BCUT2D eigenvalue weighted by atomic mass is 9.84. The fourth-order valence-corrected chi connectivity index (χ4v) is 3.10. The molecule has 0 atom stereocenters. The van der Waals surface area contributed by atoms with Crippen LogP contribution in [0.1, 0.15) is 34.3 Å². The average Bonchev–Trinajstić information content (AvgIpc) is 2.24. The summed E-state index contributed by atoms with van der Waals surface area (Å²) in [6.07, 6.45) is 2.07. The Morgan fingerprint density at radius 3 is 2.33 bits per heavy atom. The predicted molar refractivity (Wildman–Crippen MR) is 75.2 cm³/mol. The first-order valence-electron chi connectivity index (χ1n) is 6.43. The van der Waals surface area contributed by atoms with Crippen molar-refractivity contribution in [1.29, 1.82) is 0 Å². The molecule has 0 heterocycles. The van der Waals surface area contributed by atoms with Gasteiger partial charge in [-0.3, -0.25) is 4.79 Å². The van der Waals surface area contributed by atoms with Crippen LogP contribution in [0.15, 0.2) is 18.2 Å². The monoisotopic (exact) mass is 265 g/mol. The van der Waals surface area contributed by atoms with Crippen LogP contribution in [0.3, 0.4) is 0 Å². The maximum atomic E-state index is 12.3. The molecule has 1 aliphatic rings. The largest absolute Gasteiger partial charge is 0.341 e. The fourth-order valence-electron chi connectivity index (χ4n) is 2.59. The second-order valence-electron chi connectivity index (χ2n) is 5.50. The lowest BCUT2D eigenvalue weighted by Gasteiger charge is -2.34. The van der Waals surface area contributed by atoms with Gasteiger partial charge < -0.3 is 4.90 Å². The average molecular weight is 266 g/mol. The van der Waals surface area contributed by atoms with Gasteiger partial charge in [-0.05, 0) is 44.7 Å². The second kappa shape index (κ2) is 5.31. The van der Waals surface area contributed by atoms with Gasteiger partial charge in [0.15, 0.2) is 0 Å². The van der Waals surface area contributed by atoms with Crippen molar-refractivity contribution in [3.63, 3.8) is 0 Å². The maximum Gasteiger partial charge on any atom is 0.253 e. The number of aryl methyl sites for hydroxylation is 2. The molecule has 1 aromatic carbocycles.